The van der Waals surface area contributed by atoms with Gasteiger partial charge in [-0.05, 0) is 68.4 Å². The fourth-order valence-corrected chi connectivity index (χ4v) is 5.23. The van der Waals surface area contributed by atoms with Gasteiger partial charge in [0, 0.05) is 4.83 Å². The van der Waals surface area contributed by atoms with Gasteiger partial charge in [-0.1, -0.05) is 46.1 Å². The van der Waals surface area contributed by atoms with Crippen LogP contribution < -0.4 is 0 Å². The third-order valence-corrected chi connectivity index (χ3v) is 6.02. The maximum Gasteiger partial charge on any atom is 0.0400 e. The summed E-state index contributed by atoms with van der Waals surface area (Å²) in [5.74, 6) is 3.09. The molecule has 18 heavy (non-hydrogen) atoms. The maximum absolute atomic E-state index is 3.94. The van der Waals surface area contributed by atoms with E-state index in [0.717, 1.165) is 17.8 Å². The van der Waals surface area contributed by atoms with Gasteiger partial charge in [-0.25, -0.2) is 0 Å². The fraction of sp³-hybridized carbons (Fsp3) is 0.647. The van der Waals surface area contributed by atoms with Crippen molar-refractivity contribution in [2.75, 3.05) is 0 Å². The third kappa shape index (κ3) is 2.39. The van der Waals surface area contributed by atoms with E-state index in [1.54, 1.807) is 0 Å². The van der Waals surface area contributed by atoms with E-state index >= 15 is 0 Å². The van der Waals surface area contributed by atoms with Crippen LogP contribution in [-0.4, -0.2) is 0 Å². The van der Waals surface area contributed by atoms with E-state index in [9.17, 15) is 0 Å². The predicted octanol–water partition coefficient (Wildman–Crippen LogP) is 5.57. The first kappa shape index (κ1) is 12.7. The molecule has 0 aromatic heterocycles. The zero-order valence-corrected chi connectivity index (χ0v) is 13.0. The molecule has 2 bridgehead atoms. The van der Waals surface area contributed by atoms with Gasteiger partial charge in [0.25, 0.3) is 0 Å². The van der Waals surface area contributed by atoms with Crippen molar-refractivity contribution in [3.8, 4) is 0 Å². The lowest BCUT2D eigenvalue weighted by molar-refractivity contribution is 0.314. The van der Waals surface area contributed by atoms with Gasteiger partial charge in [-0.2, -0.15) is 0 Å². The zero-order valence-electron chi connectivity index (χ0n) is 11.5. The second-order valence-corrected chi connectivity index (χ2v) is 7.60. The van der Waals surface area contributed by atoms with Crippen molar-refractivity contribution in [2.45, 2.75) is 50.8 Å². The number of rotatable bonds is 3. The predicted molar refractivity (Wildman–Crippen MR) is 81.1 cm³/mol. The number of halogens is 1. The van der Waals surface area contributed by atoms with Crippen LogP contribution in [0.2, 0.25) is 0 Å². The van der Waals surface area contributed by atoms with E-state index in [0.29, 0.717) is 4.83 Å². The van der Waals surface area contributed by atoms with Crippen molar-refractivity contribution in [1.82, 2.24) is 0 Å². The summed E-state index contributed by atoms with van der Waals surface area (Å²) in [6, 6.07) is 6.87. The molecule has 0 saturated heterocycles. The van der Waals surface area contributed by atoms with Crippen LogP contribution in [0.3, 0.4) is 0 Å². The highest BCUT2D eigenvalue weighted by Crippen LogP contribution is 2.52. The Hall–Kier alpha value is -0.300. The van der Waals surface area contributed by atoms with Gasteiger partial charge in [0.15, 0.2) is 0 Å². The molecule has 0 aliphatic heterocycles. The molecule has 2 aliphatic carbocycles. The van der Waals surface area contributed by atoms with Crippen molar-refractivity contribution in [1.29, 1.82) is 0 Å². The first-order chi connectivity index (χ1) is 8.63. The molecule has 0 spiro atoms. The normalized spacial score (nSPS) is 31.8. The first-order valence-electron chi connectivity index (χ1n) is 7.34. The largest absolute Gasteiger partial charge is 0.0839 e. The van der Waals surface area contributed by atoms with Gasteiger partial charge in [0.2, 0.25) is 0 Å². The number of hydrogen-bond acceptors (Lipinski definition) is 0. The van der Waals surface area contributed by atoms with Crippen molar-refractivity contribution >= 4 is 15.9 Å². The molecular formula is C17H23Br. The first-order valence-corrected chi connectivity index (χ1v) is 8.26. The summed E-state index contributed by atoms with van der Waals surface area (Å²) >= 11 is 3.94. The monoisotopic (exact) mass is 306 g/mol. The van der Waals surface area contributed by atoms with Crippen LogP contribution in [0.5, 0.6) is 0 Å². The Morgan fingerprint density at radius 3 is 2.67 bits per heavy atom. The minimum absolute atomic E-state index is 0.558. The average molecular weight is 307 g/mol. The van der Waals surface area contributed by atoms with E-state index in [-0.39, 0.29) is 0 Å². The molecule has 0 radical (unpaired) electrons. The quantitative estimate of drug-likeness (QED) is 0.641. The highest BCUT2D eigenvalue weighted by molar-refractivity contribution is 9.09. The second kappa shape index (κ2) is 5.00. The number of alkyl halides is 1. The Balaban J connectivity index is 1.69. The Labute approximate surface area is 119 Å². The molecule has 2 saturated carbocycles. The van der Waals surface area contributed by atoms with Crippen molar-refractivity contribution in [3.63, 3.8) is 0 Å². The minimum atomic E-state index is 0.558. The Morgan fingerprint density at radius 1 is 1.22 bits per heavy atom. The van der Waals surface area contributed by atoms with Crippen LogP contribution in [0.4, 0.5) is 0 Å². The van der Waals surface area contributed by atoms with E-state index < -0.39 is 0 Å². The van der Waals surface area contributed by atoms with Gasteiger partial charge >= 0.3 is 0 Å². The zero-order chi connectivity index (χ0) is 12.7. The molecule has 2 aliphatic rings. The molecule has 0 nitrogen and oxygen atoms in total. The average Bonchev–Trinajstić information content (AvgIpc) is 2.90. The van der Waals surface area contributed by atoms with E-state index in [1.807, 2.05) is 0 Å². The molecule has 0 amide bonds. The molecular weight excluding hydrogens is 284 g/mol. The highest BCUT2D eigenvalue weighted by Gasteiger charge is 2.40. The molecule has 1 heteroatoms. The molecule has 3 rings (SSSR count). The molecule has 1 aromatic rings. The molecule has 0 N–H and O–H groups in total. The van der Waals surface area contributed by atoms with Crippen LogP contribution in [-0.2, 0) is 0 Å². The van der Waals surface area contributed by atoms with Crippen LogP contribution in [0.15, 0.2) is 18.2 Å². The smallest absolute Gasteiger partial charge is 0.0400 e. The summed E-state index contributed by atoms with van der Waals surface area (Å²) in [5, 5.41) is 0. The van der Waals surface area contributed by atoms with Crippen LogP contribution in [0.25, 0.3) is 0 Å². The van der Waals surface area contributed by atoms with E-state index in [2.05, 4.69) is 48.0 Å². The molecule has 1 aromatic carbocycles. The Kier molecular flexibility index (Phi) is 3.53. The van der Waals surface area contributed by atoms with Gasteiger partial charge in [-0.3, -0.25) is 0 Å². The molecule has 4 unspecified atom stereocenters. The van der Waals surface area contributed by atoms with Crippen LogP contribution >= 0.6 is 15.9 Å². The summed E-state index contributed by atoms with van der Waals surface area (Å²) in [6.45, 7) is 4.42. The highest BCUT2D eigenvalue weighted by atomic mass is 79.9. The van der Waals surface area contributed by atoms with Gasteiger partial charge in [-0.15, -0.1) is 0 Å². The lowest BCUT2D eigenvalue weighted by Crippen LogP contribution is -2.12. The van der Waals surface area contributed by atoms with Gasteiger partial charge in [0.1, 0.15) is 0 Å². The van der Waals surface area contributed by atoms with Gasteiger partial charge < -0.3 is 0 Å². The minimum Gasteiger partial charge on any atom is -0.0839 e. The van der Waals surface area contributed by atoms with E-state index in [4.69, 9.17) is 0 Å². The second-order valence-electron chi connectivity index (χ2n) is 6.50. The molecule has 4 atom stereocenters. The van der Waals surface area contributed by atoms with Gasteiger partial charge in [0.05, 0.1) is 0 Å². The molecule has 2 fully saturated rings. The number of hydrogen-bond donors (Lipinski definition) is 0. The summed E-state index contributed by atoms with van der Waals surface area (Å²) in [6.07, 6.45) is 7.37. The maximum atomic E-state index is 3.94. The number of benzene rings is 1. The van der Waals surface area contributed by atoms with Crippen LogP contribution in [0, 0.1) is 31.6 Å². The topological polar surface area (TPSA) is 0 Å². The van der Waals surface area contributed by atoms with E-state index in [1.165, 1.54) is 48.8 Å². The molecule has 98 valence electrons. The lowest BCUT2D eigenvalue weighted by atomic mass is 9.84. The van der Waals surface area contributed by atoms with Crippen molar-refractivity contribution in [2.24, 2.45) is 17.8 Å². The number of fused-ring (bicyclic) bond motifs is 2. The Morgan fingerprint density at radius 2 is 2.06 bits per heavy atom. The summed E-state index contributed by atoms with van der Waals surface area (Å²) < 4.78 is 0. The Bertz CT molecular complexity index is 437. The third-order valence-electron chi connectivity index (χ3n) is 5.16. The van der Waals surface area contributed by atoms with Crippen LogP contribution in [0.1, 0.15) is 53.6 Å². The lowest BCUT2D eigenvalue weighted by Gasteiger charge is -2.25. The van der Waals surface area contributed by atoms with Crippen molar-refractivity contribution < 1.29 is 0 Å². The standard InChI is InChI=1S/C17H23Br/c1-11-3-6-16(12(2)7-11)17(18)10-15-9-13-4-5-14(15)8-13/h3,6-7,13-15,17H,4-5,8-10H2,1-2H3. The summed E-state index contributed by atoms with van der Waals surface area (Å²) in [5.41, 5.74) is 4.32. The number of aryl methyl sites for hydroxylation is 2. The summed E-state index contributed by atoms with van der Waals surface area (Å²) in [7, 11) is 0. The van der Waals surface area contributed by atoms with Crippen molar-refractivity contribution in [3.05, 3.63) is 34.9 Å². The molecule has 0 heterocycles. The summed E-state index contributed by atoms with van der Waals surface area (Å²) in [4.78, 5) is 0.558. The fourth-order valence-electron chi connectivity index (χ4n) is 4.23. The SMILES string of the molecule is Cc1ccc(C(Br)CC2CC3CCC2C3)c(C)c1.